The molecule has 0 bridgehead atoms. The molecule has 7 heteroatoms. The molecule has 1 N–H and O–H groups in total. The number of carbonyl (C=O) groups excluding carboxylic acids is 1. The van der Waals surface area contributed by atoms with Crippen molar-refractivity contribution in [2.24, 2.45) is 0 Å². The fraction of sp³-hybridized carbons (Fsp3) is 0.238. The van der Waals surface area contributed by atoms with Crippen molar-refractivity contribution in [1.82, 2.24) is 10.3 Å². The summed E-state index contributed by atoms with van der Waals surface area (Å²) in [6.07, 6.45) is 1.26. The lowest BCUT2D eigenvalue weighted by molar-refractivity contribution is 0.0934. The summed E-state index contributed by atoms with van der Waals surface area (Å²) in [4.78, 5) is 18.6. The molecule has 146 valence electrons. The van der Waals surface area contributed by atoms with E-state index in [1.165, 1.54) is 25.3 Å². The standard InChI is InChI=1S/C21H21F2N3O2/c1-12-17(22)9-15(10-18(12)23)13(2)24-20(27)19-11-28-21(25-19)14-6-5-7-16(8-14)26(3)4/h5-11,13H,1-4H3,(H,24,27)/t13-/m1/s1. The highest BCUT2D eigenvalue weighted by Crippen LogP contribution is 2.24. The number of oxazole rings is 1. The summed E-state index contributed by atoms with van der Waals surface area (Å²) in [5, 5.41) is 2.68. The first-order valence-electron chi connectivity index (χ1n) is 8.76. The molecule has 1 amide bonds. The van der Waals surface area contributed by atoms with Crippen molar-refractivity contribution in [2.45, 2.75) is 19.9 Å². The number of amides is 1. The molecule has 0 saturated heterocycles. The molecule has 0 spiro atoms. The Morgan fingerprint density at radius 1 is 1.18 bits per heavy atom. The van der Waals surface area contributed by atoms with Gasteiger partial charge in [-0.25, -0.2) is 13.8 Å². The zero-order valence-electron chi connectivity index (χ0n) is 16.1. The van der Waals surface area contributed by atoms with Crippen LogP contribution in [0.5, 0.6) is 0 Å². The van der Waals surface area contributed by atoms with Gasteiger partial charge in [-0.2, -0.15) is 0 Å². The van der Waals surface area contributed by atoms with Gasteiger partial charge in [0.2, 0.25) is 5.89 Å². The van der Waals surface area contributed by atoms with Gasteiger partial charge in [-0.1, -0.05) is 6.07 Å². The van der Waals surface area contributed by atoms with Crippen LogP contribution in [0.3, 0.4) is 0 Å². The number of anilines is 1. The van der Waals surface area contributed by atoms with E-state index in [1.54, 1.807) is 6.92 Å². The minimum absolute atomic E-state index is 0.0524. The third kappa shape index (κ3) is 4.03. The second-order valence-electron chi connectivity index (χ2n) is 6.79. The third-order valence-corrected chi connectivity index (χ3v) is 4.50. The van der Waals surface area contributed by atoms with Gasteiger partial charge >= 0.3 is 0 Å². The molecule has 28 heavy (non-hydrogen) atoms. The lowest BCUT2D eigenvalue weighted by Crippen LogP contribution is -2.27. The van der Waals surface area contributed by atoms with Gasteiger partial charge in [0.1, 0.15) is 17.9 Å². The van der Waals surface area contributed by atoms with E-state index in [2.05, 4.69) is 10.3 Å². The van der Waals surface area contributed by atoms with Crippen molar-refractivity contribution >= 4 is 11.6 Å². The highest BCUT2D eigenvalue weighted by molar-refractivity contribution is 5.92. The van der Waals surface area contributed by atoms with E-state index in [4.69, 9.17) is 4.42 Å². The number of aromatic nitrogens is 1. The molecule has 3 aromatic rings. The molecule has 2 aromatic carbocycles. The number of nitrogens with zero attached hydrogens (tertiary/aromatic N) is 2. The van der Waals surface area contributed by atoms with Crippen molar-refractivity contribution in [3.8, 4) is 11.5 Å². The Morgan fingerprint density at radius 3 is 2.50 bits per heavy atom. The first-order chi connectivity index (χ1) is 13.3. The Kier molecular flexibility index (Phi) is 5.44. The number of nitrogens with one attached hydrogen (secondary N) is 1. The van der Waals surface area contributed by atoms with Crippen LogP contribution in [0.15, 0.2) is 47.1 Å². The van der Waals surface area contributed by atoms with Crippen LogP contribution < -0.4 is 10.2 Å². The molecule has 0 aliphatic rings. The lowest BCUT2D eigenvalue weighted by Gasteiger charge is -2.14. The summed E-state index contributed by atoms with van der Waals surface area (Å²) < 4.78 is 33.0. The van der Waals surface area contributed by atoms with Crippen LogP contribution in [0.4, 0.5) is 14.5 Å². The molecule has 1 aromatic heterocycles. The van der Waals surface area contributed by atoms with Gasteiger partial charge in [-0.15, -0.1) is 0 Å². The SMILES string of the molecule is Cc1c(F)cc([C@@H](C)NC(=O)c2coc(-c3cccc(N(C)C)c3)n2)cc1F. The first kappa shape index (κ1) is 19.5. The number of halogens is 2. The van der Waals surface area contributed by atoms with Crippen LogP contribution in [0.1, 0.15) is 34.6 Å². The zero-order chi connectivity index (χ0) is 20.4. The van der Waals surface area contributed by atoms with E-state index >= 15 is 0 Å². The molecule has 5 nitrogen and oxygen atoms in total. The van der Waals surface area contributed by atoms with E-state index in [0.29, 0.717) is 11.5 Å². The van der Waals surface area contributed by atoms with Crippen LogP contribution in [0.25, 0.3) is 11.5 Å². The summed E-state index contributed by atoms with van der Waals surface area (Å²) in [5.41, 5.74) is 2.07. The van der Waals surface area contributed by atoms with Gasteiger partial charge in [-0.05, 0) is 49.7 Å². The number of rotatable bonds is 5. The van der Waals surface area contributed by atoms with Crippen LogP contribution in [-0.4, -0.2) is 25.0 Å². The molecule has 0 aliphatic carbocycles. The molecule has 1 heterocycles. The Hall–Kier alpha value is -3.22. The number of hydrogen-bond acceptors (Lipinski definition) is 4. The largest absolute Gasteiger partial charge is 0.444 e. The second-order valence-corrected chi connectivity index (χ2v) is 6.79. The Labute approximate surface area is 162 Å². The van der Waals surface area contributed by atoms with Crippen LogP contribution in [-0.2, 0) is 0 Å². The minimum Gasteiger partial charge on any atom is -0.444 e. The average molecular weight is 385 g/mol. The maximum Gasteiger partial charge on any atom is 0.273 e. The van der Waals surface area contributed by atoms with Crippen molar-refractivity contribution in [1.29, 1.82) is 0 Å². The van der Waals surface area contributed by atoms with E-state index in [1.807, 2.05) is 43.3 Å². The minimum atomic E-state index is -0.652. The number of carbonyl (C=O) groups is 1. The predicted molar refractivity (Wildman–Crippen MR) is 103 cm³/mol. The summed E-state index contributed by atoms with van der Waals surface area (Å²) in [7, 11) is 3.84. The molecule has 0 unspecified atom stereocenters. The van der Waals surface area contributed by atoms with Gasteiger partial charge in [-0.3, -0.25) is 4.79 Å². The van der Waals surface area contributed by atoms with E-state index < -0.39 is 23.6 Å². The number of benzene rings is 2. The zero-order valence-corrected chi connectivity index (χ0v) is 16.1. The van der Waals surface area contributed by atoms with Crippen molar-refractivity contribution in [3.05, 3.63) is 71.1 Å². The summed E-state index contributed by atoms with van der Waals surface area (Å²) >= 11 is 0. The van der Waals surface area contributed by atoms with Crippen molar-refractivity contribution in [3.63, 3.8) is 0 Å². The van der Waals surface area contributed by atoms with Gasteiger partial charge in [0.15, 0.2) is 5.69 Å². The molecule has 3 rings (SSSR count). The fourth-order valence-electron chi connectivity index (χ4n) is 2.70. The molecule has 0 fully saturated rings. The van der Waals surface area contributed by atoms with Crippen LogP contribution >= 0.6 is 0 Å². The highest BCUT2D eigenvalue weighted by Gasteiger charge is 2.18. The first-order valence-corrected chi connectivity index (χ1v) is 8.76. The van der Waals surface area contributed by atoms with E-state index in [-0.39, 0.29) is 11.3 Å². The predicted octanol–water partition coefficient (Wildman–Crippen LogP) is 4.49. The van der Waals surface area contributed by atoms with Crippen molar-refractivity contribution in [2.75, 3.05) is 19.0 Å². The Bertz CT molecular complexity index is 991. The molecular weight excluding hydrogens is 364 g/mol. The normalized spacial score (nSPS) is 11.9. The highest BCUT2D eigenvalue weighted by atomic mass is 19.1. The second kappa shape index (κ2) is 7.80. The van der Waals surface area contributed by atoms with E-state index in [0.717, 1.165) is 11.3 Å². The maximum atomic E-state index is 13.8. The fourth-order valence-corrected chi connectivity index (χ4v) is 2.70. The van der Waals surface area contributed by atoms with Gasteiger partial charge in [0.05, 0.1) is 6.04 Å². The molecule has 0 aliphatic heterocycles. The monoisotopic (exact) mass is 385 g/mol. The van der Waals surface area contributed by atoms with Gasteiger partial charge in [0, 0.05) is 30.9 Å². The number of hydrogen-bond donors (Lipinski definition) is 1. The smallest absolute Gasteiger partial charge is 0.273 e. The summed E-state index contributed by atoms with van der Waals surface area (Å²) in [5.74, 6) is -1.48. The molecular formula is C21H21F2N3O2. The molecule has 0 saturated carbocycles. The van der Waals surface area contributed by atoms with Crippen molar-refractivity contribution < 1.29 is 18.0 Å². The van der Waals surface area contributed by atoms with Crippen LogP contribution in [0, 0.1) is 18.6 Å². The van der Waals surface area contributed by atoms with Crippen LogP contribution in [0.2, 0.25) is 0 Å². The average Bonchev–Trinajstić information content (AvgIpc) is 3.16. The lowest BCUT2D eigenvalue weighted by atomic mass is 10.1. The maximum absolute atomic E-state index is 13.8. The summed E-state index contributed by atoms with van der Waals surface area (Å²) in [6, 6.07) is 9.37. The summed E-state index contributed by atoms with van der Waals surface area (Å²) in [6.45, 7) is 3.00. The third-order valence-electron chi connectivity index (χ3n) is 4.50. The Balaban J connectivity index is 1.76. The van der Waals surface area contributed by atoms with Gasteiger partial charge < -0.3 is 14.6 Å². The van der Waals surface area contributed by atoms with Gasteiger partial charge in [0.25, 0.3) is 5.91 Å². The molecule has 0 radical (unpaired) electrons. The topological polar surface area (TPSA) is 58.4 Å². The quantitative estimate of drug-likeness (QED) is 0.703. The molecule has 1 atom stereocenters. The Morgan fingerprint density at radius 2 is 1.86 bits per heavy atom. The van der Waals surface area contributed by atoms with E-state index in [9.17, 15) is 13.6 Å².